The first kappa shape index (κ1) is 22.9. The molecule has 0 spiro atoms. The number of alkyl halides is 3. The Kier molecular flexibility index (Phi) is 8.25. The molecule has 3 N–H and O–H groups in total. The third-order valence-electron chi connectivity index (χ3n) is 3.17. The van der Waals surface area contributed by atoms with Crippen molar-refractivity contribution in [3.63, 3.8) is 0 Å². The molecule has 0 radical (unpaired) electrons. The number of nitrogens with zero attached hydrogens (tertiary/aromatic N) is 2. The highest BCUT2D eigenvalue weighted by atomic mass is 35.5. The summed E-state index contributed by atoms with van der Waals surface area (Å²) in [7, 11) is 1.81. The van der Waals surface area contributed by atoms with Gasteiger partial charge in [0.15, 0.2) is 0 Å². The molecule has 2 aromatic rings. The summed E-state index contributed by atoms with van der Waals surface area (Å²) >= 11 is 7.48. The predicted molar refractivity (Wildman–Crippen MR) is 92.9 cm³/mol. The predicted octanol–water partition coefficient (Wildman–Crippen LogP) is 2.86. The maximum absolute atomic E-state index is 11.3. The number of hydrogen-bond donors (Lipinski definition) is 3. The van der Waals surface area contributed by atoms with Crippen LogP contribution in [0.15, 0.2) is 18.5 Å². The summed E-state index contributed by atoms with van der Waals surface area (Å²) < 4.78 is 34.2. The van der Waals surface area contributed by atoms with Gasteiger partial charge in [-0.2, -0.15) is 18.3 Å². The first-order chi connectivity index (χ1) is 12.4. The van der Waals surface area contributed by atoms with Gasteiger partial charge in [-0.1, -0.05) is 11.6 Å². The van der Waals surface area contributed by atoms with E-state index in [9.17, 15) is 23.1 Å². The van der Waals surface area contributed by atoms with Crippen molar-refractivity contribution in [2.75, 3.05) is 0 Å². The molecule has 1 atom stereocenters. The van der Waals surface area contributed by atoms with E-state index in [0.29, 0.717) is 13.0 Å². The van der Waals surface area contributed by atoms with Crippen LogP contribution in [0, 0.1) is 6.92 Å². The van der Waals surface area contributed by atoms with Gasteiger partial charge in [0.1, 0.15) is 6.04 Å². The van der Waals surface area contributed by atoms with Crippen LogP contribution in [-0.2, 0) is 29.6 Å². The van der Waals surface area contributed by atoms with Gasteiger partial charge in [0, 0.05) is 31.1 Å². The van der Waals surface area contributed by atoms with Crippen LogP contribution < -0.4 is 5.32 Å². The first-order valence-electron chi connectivity index (χ1n) is 7.38. The van der Waals surface area contributed by atoms with Gasteiger partial charge in [0.25, 0.3) is 0 Å². The van der Waals surface area contributed by atoms with E-state index in [1.165, 1.54) is 11.3 Å². The normalized spacial score (nSPS) is 12.2. The van der Waals surface area contributed by atoms with Crippen LogP contribution >= 0.6 is 22.9 Å². The molecule has 0 aromatic carbocycles. The lowest BCUT2D eigenvalue weighted by atomic mass is 10.1. The van der Waals surface area contributed by atoms with Gasteiger partial charge in [0.2, 0.25) is 0 Å². The van der Waals surface area contributed by atoms with Crippen molar-refractivity contribution < 1.29 is 33.0 Å². The van der Waals surface area contributed by atoms with E-state index < -0.39 is 24.2 Å². The summed E-state index contributed by atoms with van der Waals surface area (Å²) in [6.07, 6.45) is -1.17. The molecule has 2 heterocycles. The zero-order valence-electron chi connectivity index (χ0n) is 14.2. The van der Waals surface area contributed by atoms with E-state index in [4.69, 9.17) is 21.5 Å². The van der Waals surface area contributed by atoms with Crippen molar-refractivity contribution >= 4 is 34.9 Å². The van der Waals surface area contributed by atoms with Gasteiger partial charge in [-0.3, -0.25) is 14.8 Å². The summed E-state index contributed by atoms with van der Waals surface area (Å²) in [6, 6.07) is 1.34. The van der Waals surface area contributed by atoms with Gasteiger partial charge >= 0.3 is 18.1 Å². The Morgan fingerprint density at radius 2 is 2.00 bits per heavy atom. The van der Waals surface area contributed by atoms with E-state index in [0.717, 1.165) is 20.3 Å². The van der Waals surface area contributed by atoms with Crippen LogP contribution in [0.25, 0.3) is 0 Å². The number of nitrogens with one attached hydrogen (secondary N) is 1. The Balaban J connectivity index is 0.000000445. The van der Waals surface area contributed by atoms with Gasteiger partial charge in [-0.15, -0.1) is 11.3 Å². The number of aryl methyl sites for hydroxylation is 2. The summed E-state index contributed by atoms with van der Waals surface area (Å²) in [4.78, 5) is 21.2. The van der Waals surface area contributed by atoms with Crippen LogP contribution in [0.3, 0.4) is 0 Å². The van der Waals surface area contributed by atoms with Crippen molar-refractivity contribution in [3.8, 4) is 0 Å². The van der Waals surface area contributed by atoms with E-state index >= 15 is 0 Å². The molecule has 2 rings (SSSR count). The minimum absolute atomic E-state index is 0.404. The molecule has 0 aliphatic carbocycles. The standard InChI is InChI=1S/C13H16ClN3O2S.C2HF3O2/c1-8-3-10(20-12(8)14)6-15-11(13(18)19)4-9-5-16-17(2)7-9;3-2(4,5)1(6)7/h3,5,7,11,15H,4,6H2,1-2H3,(H,18,19);(H,6,7). The zero-order chi connectivity index (χ0) is 20.8. The van der Waals surface area contributed by atoms with Gasteiger partial charge in [0.05, 0.1) is 10.5 Å². The van der Waals surface area contributed by atoms with E-state index in [1.54, 1.807) is 10.9 Å². The zero-order valence-corrected chi connectivity index (χ0v) is 15.8. The SMILES string of the molecule is Cc1cc(CNC(Cc2cnn(C)c2)C(=O)O)sc1Cl.O=C(O)C(F)(F)F. The van der Waals surface area contributed by atoms with E-state index in [-0.39, 0.29) is 0 Å². The third-order valence-corrected chi connectivity index (χ3v) is 4.72. The number of thiophene rings is 1. The molecule has 0 saturated heterocycles. The number of aromatic nitrogens is 2. The Morgan fingerprint density at radius 3 is 2.37 bits per heavy atom. The highest BCUT2D eigenvalue weighted by Gasteiger charge is 2.38. The monoisotopic (exact) mass is 427 g/mol. The van der Waals surface area contributed by atoms with Crippen molar-refractivity contribution in [2.45, 2.75) is 32.1 Å². The average Bonchev–Trinajstić information content (AvgIpc) is 3.08. The maximum atomic E-state index is 11.3. The first-order valence-corrected chi connectivity index (χ1v) is 8.58. The number of carboxylic acid groups (broad SMARTS) is 2. The molecule has 0 fully saturated rings. The molecule has 1 unspecified atom stereocenters. The summed E-state index contributed by atoms with van der Waals surface area (Å²) in [5.74, 6) is -3.62. The lowest BCUT2D eigenvalue weighted by molar-refractivity contribution is -0.192. The number of hydrogen-bond acceptors (Lipinski definition) is 5. The third kappa shape index (κ3) is 7.97. The van der Waals surface area contributed by atoms with Crippen LogP contribution in [0.5, 0.6) is 0 Å². The second-order valence-corrected chi connectivity index (χ2v) is 7.21. The topological polar surface area (TPSA) is 104 Å². The molecule has 7 nitrogen and oxygen atoms in total. The maximum Gasteiger partial charge on any atom is 0.490 e. The molecule has 0 aliphatic heterocycles. The average molecular weight is 428 g/mol. The molecule has 0 amide bonds. The van der Waals surface area contributed by atoms with Crippen molar-refractivity contribution in [1.82, 2.24) is 15.1 Å². The lowest BCUT2D eigenvalue weighted by Gasteiger charge is -2.12. The van der Waals surface area contributed by atoms with Gasteiger partial charge in [-0.05, 0) is 24.1 Å². The highest BCUT2D eigenvalue weighted by Crippen LogP contribution is 2.26. The quantitative estimate of drug-likeness (QED) is 0.654. The van der Waals surface area contributed by atoms with Crippen LogP contribution in [0.4, 0.5) is 13.2 Å². The highest BCUT2D eigenvalue weighted by molar-refractivity contribution is 7.16. The van der Waals surface area contributed by atoms with Crippen molar-refractivity contribution in [1.29, 1.82) is 0 Å². The number of carbonyl (C=O) groups is 2. The fourth-order valence-corrected chi connectivity index (χ4v) is 3.09. The molecule has 12 heteroatoms. The molecular formula is C15H17ClF3N3O4S. The molecule has 150 valence electrons. The molecule has 2 aromatic heterocycles. The Bertz CT molecular complexity index is 772. The summed E-state index contributed by atoms with van der Waals surface area (Å²) in [5.41, 5.74) is 1.92. The Hall–Kier alpha value is -2.11. The largest absolute Gasteiger partial charge is 0.490 e. The summed E-state index contributed by atoms with van der Waals surface area (Å²) in [5, 5.41) is 23.5. The minimum Gasteiger partial charge on any atom is -0.480 e. The molecular weight excluding hydrogens is 411 g/mol. The number of aliphatic carboxylic acids is 2. The molecule has 27 heavy (non-hydrogen) atoms. The number of rotatable bonds is 6. The smallest absolute Gasteiger partial charge is 0.480 e. The second-order valence-electron chi connectivity index (χ2n) is 5.47. The summed E-state index contributed by atoms with van der Waals surface area (Å²) in [6.45, 7) is 2.43. The van der Waals surface area contributed by atoms with Crippen LogP contribution in [0.2, 0.25) is 4.34 Å². The number of halogens is 4. The fraction of sp³-hybridized carbons (Fsp3) is 0.400. The molecule has 0 bridgehead atoms. The minimum atomic E-state index is -5.08. The Morgan fingerprint density at radius 1 is 1.41 bits per heavy atom. The lowest BCUT2D eigenvalue weighted by Crippen LogP contribution is -2.37. The van der Waals surface area contributed by atoms with Crippen LogP contribution in [-0.4, -0.2) is 44.2 Å². The fourth-order valence-electron chi connectivity index (χ4n) is 1.89. The molecule has 0 aliphatic rings. The van der Waals surface area contributed by atoms with E-state index in [2.05, 4.69) is 10.4 Å². The van der Waals surface area contributed by atoms with Gasteiger partial charge < -0.3 is 10.2 Å². The Labute approximate surface area is 161 Å². The van der Waals surface area contributed by atoms with Crippen molar-refractivity contribution in [3.05, 3.63) is 38.8 Å². The van der Waals surface area contributed by atoms with Crippen LogP contribution in [0.1, 0.15) is 16.0 Å². The van der Waals surface area contributed by atoms with Crippen molar-refractivity contribution in [2.24, 2.45) is 7.05 Å². The van der Waals surface area contributed by atoms with E-state index in [1.807, 2.05) is 26.2 Å². The van der Waals surface area contributed by atoms with Gasteiger partial charge in [-0.25, -0.2) is 4.79 Å². The number of carboxylic acids is 2. The second kappa shape index (κ2) is 9.72. The molecule has 0 saturated carbocycles.